The van der Waals surface area contributed by atoms with E-state index in [4.69, 9.17) is 9.84 Å². The van der Waals surface area contributed by atoms with Crippen LogP contribution in [0.1, 0.15) is 5.56 Å². The molecule has 0 bridgehead atoms. The van der Waals surface area contributed by atoms with E-state index in [-0.39, 0.29) is 11.3 Å². The summed E-state index contributed by atoms with van der Waals surface area (Å²) < 4.78 is 41.5. The monoisotopic (exact) mass is 246 g/mol. The van der Waals surface area contributed by atoms with Crippen molar-refractivity contribution < 1.29 is 27.8 Å². The van der Waals surface area contributed by atoms with Crippen molar-refractivity contribution in [1.82, 2.24) is 0 Å². The molecular formula is C11H9F3O3. The van der Waals surface area contributed by atoms with Crippen molar-refractivity contribution in [3.63, 3.8) is 0 Å². The van der Waals surface area contributed by atoms with E-state index in [1.165, 1.54) is 6.07 Å². The molecule has 0 amide bonds. The lowest BCUT2D eigenvalue weighted by atomic mass is 10.2. The van der Waals surface area contributed by atoms with E-state index in [2.05, 4.69) is 0 Å². The molecule has 92 valence electrons. The molecule has 3 nitrogen and oxygen atoms in total. The van der Waals surface area contributed by atoms with Crippen LogP contribution in [-0.4, -0.2) is 24.1 Å². The lowest BCUT2D eigenvalue weighted by Gasteiger charge is -2.08. The molecule has 17 heavy (non-hydrogen) atoms. The molecule has 0 heterocycles. The van der Waals surface area contributed by atoms with Gasteiger partial charge >= 0.3 is 5.97 Å². The summed E-state index contributed by atoms with van der Waals surface area (Å²) in [5.41, 5.74) is 0.0908. The lowest BCUT2D eigenvalue weighted by Crippen LogP contribution is -2.07. The predicted octanol–water partition coefficient (Wildman–Crippen LogP) is 2.57. The third-order valence-electron chi connectivity index (χ3n) is 1.74. The van der Waals surface area contributed by atoms with E-state index >= 15 is 0 Å². The quantitative estimate of drug-likeness (QED) is 0.812. The van der Waals surface area contributed by atoms with E-state index in [1.54, 1.807) is 0 Å². The Morgan fingerprint density at radius 1 is 1.47 bits per heavy atom. The normalized spacial score (nSPS) is 11.1. The Labute approximate surface area is 95.1 Å². The second-order valence-electron chi connectivity index (χ2n) is 3.06. The molecular weight excluding hydrogens is 237 g/mol. The maximum atomic E-state index is 12.9. The summed E-state index contributed by atoms with van der Waals surface area (Å²) in [6, 6.07) is 3.21. The first-order chi connectivity index (χ1) is 7.99. The molecule has 0 atom stereocenters. The Hall–Kier alpha value is -1.98. The molecule has 0 fully saturated rings. The highest BCUT2D eigenvalue weighted by Crippen LogP contribution is 2.21. The highest BCUT2D eigenvalue weighted by atomic mass is 19.3. The highest BCUT2D eigenvalue weighted by Gasteiger charge is 2.07. The van der Waals surface area contributed by atoms with Crippen molar-refractivity contribution in [3.8, 4) is 5.75 Å². The largest absolute Gasteiger partial charge is 0.487 e. The second kappa shape index (κ2) is 5.93. The van der Waals surface area contributed by atoms with Crippen LogP contribution in [0.4, 0.5) is 13.2 Å². The van der Waals surface area contributed by atoms with Crippen molar-refractivity contribution in [1.29, 1.82) is 0 Å². The van der Waals surface area contributed by atoms with Crippen molar-refractivity contribution >= 4 is 12.0 Å². The third-order valence-corrected chi connectivity index (χ3v) is 1.74. The number of carbonyl (C=O) groups is 1. The number of halogens is 3. The fourth-order valence-electron chi connectivity index (χ4n) is 1.09. The van der Waals surface area contributed by atoms with Gasteiger partial charge in [0.15, 0.2) is 0 Å². The van der Waals surface area contributed by atoms with E-state index in [1.807, 2.05) is 0 Å². The molecule has 0 radical (unpaired) electrons. The summed E-state index contributed by atoms with van der Waals surface area (Å²) in [7, 11) is 0. The minimum atomic E-state index is -2.66. The minimum Gasteiger partial charge on any atom is -0.487 e. The molecule has 0 saturated carbocycles. The van der Waals surface area contributed by atoms with Gasteiger partial charge in [-0.3, -0.25) is 0 Å². The van der Waals surface area contributed by atoms with Crippen LogP contribution in [-0.2, 0) is 4.79 Å². The van der Waals surface area contributed by atoms with Crippen molar-refractivity contribution in [2.75, 3.05) is 6.61 Å². The molecule has 0 saturated heterocycles. The SMILES string of the molecule is O=C(O)/C=C/c1cc(F)ccc1OCC(F)F. The van der Waals surface area contributed by atoms with E-state index in [0.29, 0.717) is 0 Å². The minimum absolute atomic E-state index is 0.00389. The number of carboxylic acids is 1. The molecule has 1 aromatic rings. The van der Waals surface area contributed by atoms with Gasteiger partial charge < -0.3 is 9.84 Å². The zero-order valence-corrected chi connectivity index (χ0v) is 8.57. The first kappa shape index (κ1) is 13.1. The Morgan fingerprint density at radius 3 is 2.76 bits per heavy atom. The summed E-state index contributed by atoms with van der Waals surface area (Å²) in [5.74, 6) is -1.84. The van der Waals surface area contributed by atoms with Gasteiger partial charge in [-0.15, -0.1) is 0 Å². The zero-order valence-electron chi connectivity index (χ0n) is 8.57. The van der Waals surface area contributed by atoms with Gasteiger partial charge in [0.1, 0.15) is 18.2 Å². The molecule has 1 rings (SSSR count). The van der Waals surface area contributed by atoms with Crippen LogP contribution in [0.15, 0.2) is 24.3 Å². The van der Waals surface area contributed by atoms with Crippen LogP contribution >= 0.6 is 0 Å². The number of hydrogen-bond acceptors (Lipinski definition) is 2. The van der Waals surface area contributed by atoms with Crippen molar-refractivity contribution in [2.24, 2.45) is 0 Å². The third kappa shape index (κ3) is 4.58. The van der Waals surface area contributed by atoms with Crippen LogP contribution in [0.5, 0.6) is 5.75 Å². The smallest absolute Gasteiger partial charge is 0.328 e. The number of aliphatic carboxylic acids is 1. The first-order valence-electron chi connectivity index (χ1n) is 4.60. The Kier molecular flexibility index (Phi) is 4.56. The lowest BCUT2D eigenvalue weighted by molar-refractivity contribution is -0.131. The molecule has 1 N–H and O–H groups in total. The number of alkyl halides is 2. The van der Waals surface area contributed by atoms with Gasteiger partial charge in [0.05, 0.1) is 0 Å². The van der Waals surface area contributed by atoms with Gasteiger partial charge in [-0.2, -0.15) is 0 Å². The second-order valence-corrected chi connectivity index (χ2v) is 3.06. The van der Waals surface area contributed by atoms with Gasteiger partial charge in [0, 0.05) is 11.6 Å². The van der Waals surface area contributed by atoms with Crippen LogP contribution in [0.3, 0.4) is 0 Å². The number of rotatable bonds is 5. The molecule has 1 aromatic carbocycles. The molecule has 0 aliphatic carbocycles. The number of ether oxygens (including phenoxy) is 1. The van der Waals surface area contributed by atoms with Gasteiger partial charge in [-0.05, 0) is 24.3 Å². The first-order valence-corrected chi connectivity index (χ1v) is 4.60. The zero-order chi connectivity index (χ0) is 12.8. The fraction of sp³-hybridized carbons (Fsp3) is 0.182. The Bertz CT molecular complexity index is 430. The Balaban J connectivity index is 2.91. The Morgan fingerprint density at radius 2 is 2.18 bits per heavy atom. The predicted molar refractivity (Wildman–Crippen MR) is 54.6 cm³/mol. The van der Waals surface area contributed by atoms with Crippen molar-refractivity contribution in [2.45, 2.75) is 6.43 Å². The maximum absolute atomic E-state index is 12.9. The van der Waals surface area contributed by atoms with Crippen LogP contribution in [0, 0.1) is 5.82 Å². The van der Waals surface area contributed by atoms with Crippen molar-refractivity contribution in [3.05, 3.63) is 35.7 Å². The molecule has 0 aliphatic rings. The fourth-order valence-corrected chi connectivity index (χ4v) is 1.09. The summed E-state index contributed by atoms with van der Waals surface area (Å²) in [6.07, 6.45) is -0.813. The van der Waals surface area contributed by atoms with Gasteiger partial charge in [0.2, 0.25) is 0 Å². The number of benzene rings is 1. The maximum Gasteiger partial charge on any atom is 0.328 e. The van der Waals surface area contributed by atoms with Gasteiger partial charge in [-0.1, -0.05) is 0 Å². The van der Waals surface area contributed by atoms with E-state index < -0.39 is 24.8 Å². The van der Waals surface area contributed by atoms with Crippen LogP contribution < -0.4 is 4.74 Å². The summed E-state index contributed by atoms with van der Waals surface area (Å²) in [5, 5.41) is 8.41. The van der Waals surface area contributed by atoms with Gasteiger partial charge in [-0.25, -0.2) is 18.0 Å². The molecule has 0 spiro atoms. The number of carboxylic acid groups (broad SMARTS) is 1. The standard InChI is InChI=1S/C11H9F3O3/c12-8-2-3-9(17-6-10(13)14)7(5-8)1-4-11(15)16/h1-5,10H,6H2,(H,15,16)/b4-1+. The molecule has 0 aliphatic heterocycles. The van der Waals surface area contributed by atoms with Gasteiger partial charge in [0.25, 0.3) is 6.43 Å². The summed E-state index contributed by atoms with van der Waals surface area (Å²) in [6.45, 7) is -0.834. The average molecular weight is 246 g/mol. The van der Waals surface area contributed by atoms with Crippen LogP contribution in [0.25, 0.3) is 6.08 Å². The molecule has 6 heteroatoms. The van der Waals surface area contributed by atoms with E-state index in [0.717, 1.165) is 24.3 Å². The van der Waals surface area contributed by atoms with E-state index in [9.17, 15) is 18.0 Å². The van der Waals surface area contributed by atoms with Crippen LogP contribution in [0.2, 0.25) is 0 Å². The molecule has 0 unspecified atom stereocenters. The average Bonchev–Trinajstić information content (AvgIpc) is 2.24. The summed E-state index contributed by atoms with van der Waals surface area (Å²) in [4.78, 5) is 10.3. The topological polar surface area (TPSA) is 46.5 Å². The molecule has 0 aromatic heterocycles. The highest BCUT2D eigenvalue weighted by molar-refractivity contribution is 5.85. The number of hydrogen-bond donors (Lipinski definition) is 1. The summed E-state index contributed by atoms with van der Waals surface area (Å²) >= 11 is 0.